The van der Waals surface area contributed by atoms with Crippen LogP contribution >= 0.6 is 0 Å². The molecule has 1 aliphatic heterocycles. The maximum Gasteiger partial charge on any atom is 0.270 e. The lowest BCUT2D eigenvalue weighted by molar-refractivity contribution is -0.118. The minimum absolute atomic E-state index is 0.0316. The third-order valence-corrected chi connectivity index (χ3v) is 6.90. The summed E-state index contributed by atoms with van der Waals surface area (Å²) in [6.45, 7) is 2.25. The number of carbonyl (C=O) groups excluding carboxylic acids is 2. The van der Waals surface area contributed by atoms with Gasteiger partial charge in [0.1, 0.15) is 17.2 Å². The Kier molecular flexibility index (Phi) is 6.38. The molecule has 10 heteroatoms. The smallest absolute Gasteiger partial charge is 0.270 e. The van der Waals surface area contributed by atoms with Crippen molar-refractivity contribution in [2.75, 3.05) is 51.0 Å². The largest absolute Gasteiger partial charge is 0.343 e. The van der Waals surface area contributed by atoms with E-state index < -0.39 is 0 Å². The van der Waals surface area contributed by atoms with Crippen LogP contribution in [0.15, 0.2) is 30.6 Å². The molecule has 1 saturated carbocycles. The molecule has 3 aromatic rings. The molecule has 0 aromatic carbocycles. The van der Waals surface area contributed by atoms with Crippen LogP contribution in [0, 0.1) is 0 Å². The number of likely N-dealkylation sites (N-methyl/N-ethyl adjacent to an activating group) is 1. The normalized spacial score (nSPS) is 17.7. The Labute approximate surface area is 204 Å². The lowest BCUT2D eigenvalue weighted by atomic mass is 10.2. The van der Waals surface area contributed by atoms with Crippen molar-refractivity contribution in [2.24, 2.45) is 0 Å². The molecule has 0 radical (unpaired) electrons. The molecule has 35 heavy (non-hydrogen) atoms. The van der Waals surface area contributed by atoms with Crippen LogP contribution in [-0.2, 0) is 4.79 Å². The topological polar surface area (TPSA) is 99.5 Å². The zero-order valence-electron chi connectivity index (χ0n) is 20.6. The van der Waals surface area contributed by atoms with Crippen LogP contribution in [0.4, 0.5) is 17.5 Å². The molecule has 0 atom stereocenters. The first kappa shape index (κ1) is 23.2. The van der Waals surface area contributed by atoms with Gasteiger partial charge in [-0.15, -0.1) is 0 Å². The average molecular weight is 477 g/mol. The van der Waals surface area contributed by atoms with Crippen LogP contribution < -0.4 is 10.2 Å². The SMILES string of the molecule is CN1CCC(=O)N(c2ccc(Nc3ncc4cc(C(=O)N(C)C)n(C5CCCC5)c4n3)nc2)CC1. The Balaban J connectivity index is 1.41. The van der Waals surface area contributed by atoms with Crippen molar-refractivity contribution in [2.45, 2.75) is 38.1 Å². The molecular weight excluding hydrogens is 444 g/mol. The van der Waals surface area contributed by atoms with Gasteiger partial charge in [0.15, 0.2) is 0 Å². The van der Waals surface area contributed by atoms with E-state index in [2.05, 4.69) is 24.8 Å². The Morgan fingerprint density at radius 1 is 1.09 bits per heavy atom. The highest BCUT2D eigenvalue weighted by molar-refractivity contribution is 5.98. The molecule has 4 heterocycles. The van der Waals surface area contributed by atoms with Crippen molar-refractivity contribution in [3.63, 3.8) is 0 Å². The fraction of sp³-hybridized carbons (Fsp3) is 0.480. The van der Waals surface area contributed by atoms with Gasteiger partial charge in [-0.1, -0.05) is 12.8 Å². The van der Waals surface area contributed by atoms with Crippen LogP contribution in [0.1, 0.15) is 48.6 Å². The molecular formula is C25H32N8O2. The van der Waals surface area contributed by atoms with Gasteiger partial charge in [-0.2, -0.15) is 4.98 Å². The Morgan fingerprint density at radius 3 is 2.60 bits per heavy atom. The molecule has 10 nitrogen and oxygen atoms in total. The summed E-state index contributed by atoms with van der Waals surface area (Å²) in [7, 11) is 5.57. The molecule has 1 N–H and O–H groups in total. The van der Waals surface area contributed by atoms with Gasteiger partial charge in [0.2, 0.25) is 11.9 Å². The fourth-order valence-electron chi connectivity index (χ4n) is 4.93. The van der Waals surface area contributed by atoms with Gasteiger partial charge in [0.05, 0.1) is 11.9 Å². The number of carbonyl (C=O) groups is 2. The zero-order valence-corrected chi connectivity index (χ0v) is 20.6. The van der Waals surface area contributed by atoms with Crippen molar-refractivity contribution in [1.29, 1.82) is 0 Å². The minimum Gasteiger partial charge on any atom is -0.343 e. The van der Waals surface area contributed by atoms with Crippen LogP contribution in [0.3, 0.4) is 0 Å². The number of nitrogens with zero attached hydrogens (tertiary/aromatic N) is 7. The van der Waals surface area contributed by atoms with Crippen molar-refractivity contribution < 1.29 is 9.59 Å². The highest BCUT2D eigenvalue weighted by atomic mass is 16.2. The highest BCUT2D eigenvalue weighted by Crippen LogP contribution is 2.35. The Bertz CT molecular complexity index is 1230. The van der Waals surface area contributed by atoms with Gasteiger partial charge >= 0.3 is 0 Å². The van der Waals surface area contributed by atoms with E-state index in [9.17, 15) is 9.59 Å². The standard InChI is InChI=1S/C25H32N8O2/c1-30(2)24(35)20-14-17-15-27-25(29-23(17)33(20)18-6-4-5-7-18)28-21-9-8-19(16-26-21)32-13-12-31(3)11-10-22(32)34/h8-9,14-16,18H,4-7,10-13H2,1-3H3,(H,26,27,28,29). The van der Waals surface area contributed by atoms with Gasteiger partial charge < -0.3 is 24.6 Å². The van der Waals surface area contributed by atoms with E-state index in [0.29, 0.717) is 30.4 Å². The van der Waals surface area contributed by atoms with E-state index >= 15 is 0 Å². The molecule has 184 valence electrons. The number of hydrogen-bond donors (Lipinski definition) is 1. The summed E-state index contributed by atoms with van der Waals surface area (Å²) in [6, 6.07) is 5.88. The summed E-state index contributed by atoms with van der Waals surface area (Å²) in [5.74, 6) is 1.10. The summed E-state index contributed by atoms with van der Waals surface area (Å²) < 4.78 is 2.09. The molecule has 2 aliphatic rings. The fourth-order valence-corrected chi connectivity index (χ4v) is 4.93. The number of amides is 2. The third-order valence-electron chi connectivity index (χ3n) is 6.90. The van der Waals surface area contributed by atoms with E-state index in [1.54, 1.807) is 36.3 Å². The second-order valence-corrected chi connectivity index (χ2v) is 9.64. The van der Waals surface area contributed by atoms with Crippen LogP contribution in [0.2, 0.25) is 0 Å². The first-order valence-electron chi connectivity index (χ1n) is 12.2. The zero-order chi connectivity index (χ0) is 24.5. The molecule has 0 bridgehead atoms. The summed E-state index contributed by atoms with van der Waals surface area (Å²) in [4.78, 5) is 44.7. The van der Waals surface area contributed by atoms with Crippen molar-refractivity contribution in [3.8, 4) is 0 Å². The minimum atomic E-state index is -0.0316. The van der Waals surface area contributed by atoms with Crippen LogP contribution in [0.25, 0.3) is 11.0 Å². The molecule has 3 aromatic heterocycles. The summed E-state index contributed by atoms with van der Waals surface area (Å²) in [6.07, 6.45) is 8.35. The predicted octanol–water partition coefficient (Wildman–Crippen LogP) is 3.06. The first-order chi connectivity index (χ1) is 16.9. The second kappa shape index (κ2) is 9.61. The number of aromatic nitrogens is 4. The van der Waals surface area contributed by atoms with E-state index in [-0.39, 0.29) is 17.9 Å². The quantitative estimate of drug-likeness (QED) is 0.604. The van der Waals surface area contributed by atoms with Crippen LogP contribution in [0.5, 0.6) is 0 Å². The van der Waals surface area contributed by atoms with E-state index in [0.717, 1.165) is 55.5 Å². The lowest BCUT2D eigenvalue weighted by Crippen LogP contribution is -2.32. The van der Waals surface area contributed by atoms with Gasteiger partial charge in [-0.05, 0) is 38.1 Å². The highest BCUT2D eigenvalue weighted by Gasteiger charge is 2.26. The van der Waals surface area contributed by atoms with Gasteiger partial charge in [0, 0.05) is 57.8 Å². The van der Waals surface area contributed by atoms with E-state index in [1.807, 2.05) is 25.2 Å². The van der Waals surface area contributed by atoms with Gasteiger partial charge in [0.25, 0.3) is 5.91 Å². The maximum atomic E-state index is 12.9. The molecule has 0 spiro atoms. The van der Waals surface area contributed by atoms with Crippen molar-refractivity contribution in [3.05, 3.63) is 36.3 Å². The molecule has 5 rings (SSSR count). The Hall–Kier alpha value is -3.53. The first-order valence-corrected chi connectivity index (χ1v) is 12.2. The van der Waals surface area contributed by atoms with Gasteiger partial charge in [-0.3, -0.25) is 9.59 Å². The number of hydrogen-bond acceptors (Lipinski definition) is 7. The second-order valence-electron chi connectivity index (χ2n) is 9.64. The van der Waals surface area contributed by atoms with E-state index in [4.69, 9.17) is 4.98 Å². The number of nitrogens with one attached hydrogen (secondary N) is 1. The molecule has 2 amide bonds. The summed E-state index contributed by atoms with van der Waals surface area (Å²) in [5, 5.41) is 4.03. The third kappa shape index (κ3) is 4.70. The van der Waals surface area contributed by atoms with Crippen molar-refractivity contribution >= 4 is 40.3 Å². The average Bonchev–Trinajstić information content (AvgIpc) is 3.47. The van der Waals surface area contributed by atoms with Crippen LogP contribution in [-0.4, -0.2) is 81.9 Å². The number of anilines is 3. The predicted molar refractivity (Wildman–Crippen MR) is 135 cm³/mol. The van der Waals surface area contributed by atoms with Crippen molar-refractivity contribution in [1.82, 2.24) is 29.3 Å². The Morgan fingerprint density at radius 2 is 1.89 bits per heavy atom. The molecule has 0 unspecified atom stereocenters. The summed E-state index contributed by atoms with van der Waals surface area (Å²) in [5.41, 5.74) is 2.20. The maximum absolute atomic E-state index is 12.9. The van der Waals surface area contributed by atoms with Gasteiger partial charge in [-0.25, -0.2) is 9.97 Å². The molecule has 1 aliphatic carbocycles. The number of rotatable bonds is 5. The number of pyridine rings is 1. The lowest BCUT2D eigenvalue weighted by Gasteiger charge is -2.20. The molecule has 2 fully saturated rings. The number of fused-ring (bicyclic) bond motifs is 1. The monoisotopic (exact) mass is 476 g/mol. The molecule has 1 saturated heterocycles. The summed E-state index contributed by atoms with van der Waals surface area (Å²) >= 11 is 0. The van der Waals surface area contributed by atoms with E-state index in [1.165, 1.54) is 0 Å².